The Morgan fingerprint density at radius 1 is 0.734 bits per heavy atom. The molecule has 3 fully saturated rings. The van der Waals surface area contributed by atoms with E-state index < -0.39 is 232 Å². The number of hydrogen-bond acceptors (Lipinski definition) is 28. The smallest absolute Gasteiger partial charge is 0.407 e. The molecular weight excluding hydrogens is 1420 g/mol. The van der Waals surface area contributed by atoms with Crippen LogP contribution in [0.2, 0.25) is 0 Å². The normalized spacial score (nSPS) is 40.1. The predicted octanol–water partition coefficient (Wildman–Crippen LogP) is 5.78. The number of phenolic OH excluding ortho intramolecular Hbond substituents is 1. The second-order valence-electron chi connectivity index (χ2n) is 31.8. The molecule has 1 aromatic carbocycles. The van der Waals surface area contributed by atoms with E-state index in [2.05, 4.69) is 16.0 Å². The van der Waals surface area contributed by atoms with Gasteiger partial charge in [-0.25, -0.2) is 4.79 Å². The molecule has 30 heteroatoms. The number of likely N-dealkylation sites (N-methyl/N-ethyl adjacent to an activating group) is 1. The lowest BCUT2D eigenvalue weighted by Crippen LogP contribution is -2.62. The number of esters is 2. The average Bonchev–Trinajstić information content (AvgIpc) is 1.61. The van der Waals surface area contributed by atoms with Crippen LogP contribution in [0.5, 0.6) is 11.5 Å². The molecule has 0 unspecified atom stereocenters. The van der Waals surface area contributed by atoms with Gasteiger partial charge in [0.15, 0.2) is 24.5 Å². The Kier molecular flexibility index (Phi) is 30.0. The van der Waals surface area contributed by atoms with Crippen molar-refractivity contribution in [1.29, 1.82) is 0 Å². The van der Waals surface area contributed by atoms with Crippen molar-refractivity contribution >= 4 is 47.1 Å². The molecule has 2 amide bonds. The number of amides is 2. The van der Waals surface area contributed by atoms with Gasteiger partial charge in [-0.2, -0.15) is 0 Å². The van der Waals surface area contributed by atoms with Crippen LogP contribution >= 0.6 is 0 Å². The molecule has 0 radical (unpaired) electrons. The lowest BCUT2D eigenvalue weighted by molar-refractivity contribution is -0.319. The number of nitrogens with zero attached hydrogens (tertiary/aromatic N) is 1. The number of ketones is 4. The first-order chi connectivity index (χ1) is 50.8. The molecular formula is C79H120N4O26. The Morgan fingerprint density at radius 2 is 1.38 bits per heavy atom. The summed E-state index contributed by atoms with van der Waals surface area (Å²) in [5.41, 5.74) is -7.38. The van der Waals surface area contributed by atoms with Gasteiger partial charge in [-0.1, -0.05) is 73.6 Å². The van der Waals surface area contributed by atoms with Crippen LogP contribution in [-0.2, 0) is 71.3 Å². The van der Waals surface area contributed by atoms with Crippen molar-refractivity contribution in [3.63, 3.8) is 0 Å². The number of Topliss-reactive ketones (excluding diaryl/α,β-unsaturated/α-hetero) is 4. The molecule has 1 aliphatic carbocycles. The second kappa shape index (κ2) is 36.5. The lowest BCUT2D eigenvalue weighted by Gasteiger charge is -2.50. The summed E-state index contributed by atoms with van der Waals surface area (Å²) in [6.45, 7) is 27.7. The summed E-state index contributed by atoms with van der Waals surface area (Å²) >= 11 is 0. The second-order valence-corrected chi connectivity index (χ2v) is 31.8. The third-order valence-corrected chi connectivity index (χ3v) is 23.4. The van der Waals surface area contributed by atoms with Gasteiger partial charge < -0.3 is 108 Å². The number of benzene rings is 1. The number of alkyl carbamates (subject to hydrolysis) is 1. The first kappa shape index (κ1) is 89.6. The van der Waals surface area contributed by atoms with Crippen molar-refractivity contribution in [2.24, 2.45) is 47.3 Å². The Labute approximate surface area is 639 Å². The SMILES string of the molecule is CC[C@H]1OC(=O)[C@H](C)[C@@H](O[C@H]2C[C@@](C)(OC)[C@@H](OC(=O)NCCNCC3=C4NC(=O)/C(C)=C\C=C\[C@H](C)[C@H](O)[C@@H](C)[C@@H](O)[C@@H](C)[C@H](OC(C)=O)[C@H](C)[C@@H](OC)/C=C/O[C@@]5(C)Oc6c(C)c(O)c(c(c6C5=O)C3=O)C4=O)[C@H](C)O2)[C@H](C)[C@@H](O[C@@H]2O[C@H](C)C[C@H](N(C)C)[C@H]2O)[C@](C)(OC)C[C@@H](C)C(=O)[C@H](C)[C@@H](O)[C@]1(C)O. The summed E-state index contributed by atoms with van der Waals surface area (Å²) in [4.78, 5) is 117. The molecule has 3 saturated heterocycles. The van der Waals surface area contributed by atoms with E-state index in [4.69, 9.17) is 56.8 Å². The highest BCUT2D eigenvalue weighted by molar-refractivity contribution is 6.32. The summed E-state index contributed by atoms with van der Waals surface area (Å²) in [7, 11) is 7.91. The van der Waals surface area contributed by atoms with Crippen molar-refractivity contribution < 1.29 is 126 Å². The van der Waals surface area contributed by atoms with Gasteiger partial charge in [0, 0.05) is 125 Å². The molecule has 5 bridgehead atoms. The third kappa shape index (κ3) is 19.0. The number of carbonyl (C=O) groups is 8. The highest BCUT2D eigenvalue weighted by atomic mass is 16.7. The van der Waals surface area contributed by atoms with E-state index >= 15 is 4.79 Å². The quantitative estimate of drug-likeness (QED) is 0.0538. The number of ether oxygens (including phenoxy) is 12. The van der Waals surface area contributed by atoms with Crippen molar-refractivity contribution in [2.75, 3.05) is 55.1 Å². The van der Waals surface area contributed by atoms with Gasteiger partial charge in [0.05, 0.1) is 89.0 Å². The van der Waals surface area contributed by atoms with Gasteiger partial charge in [0.2, 0.25) is 5.78 Å². The summed E-state index contributed by atoms with van der Waals surface area (Å²) in [5.74, 6) is -15.8. The standard InChI is InChI=1S/C79H120N4O26/c1-24-52-78(17,97)68(92)44(10)59(86)38(4)33-76(15,99-22)70(107-74-63(90)50(83(19)20)32-39(5)102-74)45(11)66(46(12)73(95)105-52)106-53-34-77(16,100-23)71(47(13)103-53)108-75(96)81-30-29-80-35-49-57-64(91)55-54(62(49)89)56-67(43(9)61(55)88)109-79(18,69(56)93)101-31-28-51(98-21)40(6)65(104-48(14)84)42(8)60(87)41(7)58(85)36(2)26-25-27-37(3)72(94)82-57/h25-28,31,36,38-42,44-47,50-53,58,60,63,65-66,68,70-71,74,80,85,87-88,90,92,97H,24,29-30,32-35H2,1-23H3,(H,81,96)(H,82,94)/b26-25+,31-28+,37-27-/t36-,38+,39+,40+,41+,42+,44-,45-,46+,47-,50-,51-,52+,53-,58-,60+,63+,65+,66-,68+,70+,71-,74-,76+,77+,78+,79-/m0/s1. The van der Waals surface area contributed by atoms with Gasteiger partial charge >= 0.3 is 23.8 Å². The zero-order chi connectivity index (χ0) is 81.8. The van der Waals surface area contributed by atoms with Crippen LogP contribution < -0.4 is 20.7 Å². The Bertz CT molecular complexity index is 3610. The number of aromatic hydroxyl groups is 1. The van der Waals surface area contributed by atoms with Crippen LogP contribution in [0.3, 0.4) is 0 Å². The number of nitrogens with one attached hydrogen (secondary N) is 3. The van der Waals surface area contributed by atoms with Crippen LogP contribution in [0.1, 0.15) is 180 Å². The van der Waals surface area contributed by atoms with E-state index in [1.165, 1.54) is 81.1 Å². The third-order valence-electron chi connectivity index (χ3n) is 23.4. The zero-order valence-corrected chi connectivity index (χ0v) is 67.4. The largest absolute Gasteiger partial charge is 0.507 e. The maximum Gasteiger partial charge on any atom is 0.407 e. The number of methoxy groups -OCH3 is 3. The fourth-order valence-electron chi connectivity index (χ4n) is 16.3. The molecule has 0 saturated carbocycles. The molecule has 0 spiro atoms. The van der Waals surface area contributed by atoms with Gasteiger partial charge in [-0.15, -0.1) is 0 Å². The predicted molar refractivity (Wildman–Crippen MR) is 394 cm³/mol. The summed E-state index contributed by atoms with van der Waals surface area (Å²) in [5, 5.41) is 79.1. The first-order valence-electron chi connectivity index (χ1n) is 37.7. The van der Waals surface area contributed by atoms with Gasteiger partial charge in [-0.3, -0.25) is 33.6 Å². The van der Waals surface area contributed by atoms with Crippen LogP contribution in [-0.4, -0.2) is 252 Å². The molecule has 612 valence electrons. The topological polar surface area (TPSA) is 408 Å². The highest BCUT2D eigenvalue weighted by Crippen LogP contribution is 2.50. The fraction of sp³-hybridized carbons (Fsp3) is 0.722. The number of aliphatic hydroxyl groups is 5. The molecule has 6 aliphatic heterocycles. The zero-order valence-electron chi connectivity index (χ0n) is 67.4. The van der Waals surface area contributed by atoms with E-state index in [0.717, 1.165) is 6.26 Å². The van der Waals surface area contributed by atoms with Gasteiger partial charge in [-0.05, 0) is 94.8 Å². The molecule has 30 nitrogen and oxygen atoms in total. The average molecular weight is 1540 g/mol. The number of cyclic esters (lactones) is 1. The molecule has 6 heterocycles. The Balaban J connectivity index is 1.15. The Hall–Kier alpha value is -6.62. The lowest BCUT2D eigenvalue weighted by atomic mass is 9.74. The van der Waals surface area contributed by atoms with Crippen LogP contribution in [0.25, 0.3) is 0 Å². The highest BCUT2D eigenvalue weighted by Gasteiger charge is 2.57. The minimum Gasteiger partial charge on any atom is -0.507 e. The van der Waals surface area contributed by atoms with Crippen molar-refractivity contribution in [3.05, 3.63) is 69.7 Å². The van der Waals surface area contributed by atoms with Crippen molar-refractivity contribution in [2.45, 2.75) is 265 Å². The van der Waals surface area contributed by atoms with Gasteiger partial charge in [0.1, 0.15) is 46.8 Å². The number of hydrogen-bond donors (Lipinski definition) is 9. The van der Waals surface area contributed by atoms with Crippen molar-refractivity contribution in [3.8, 4) is 11.5 Å². The summed E-state index contributed by atoms with van der Waals surface area (Å²) < 4.78 is 75.3. The fourth-order valence-corrected chi connectivity index (χ4v) is 16.3. The number of allylic oxidation sites excluding steroid dienone is 3. The number of phenols is 1. The molecule has 109 heavy (non-hydrogen) atoms. The molecule has 8 rings (SSSR count). The van der Waals surface area contributed by atoms with E-state index in [9.17, 15) is 64.2 Å². The van der Waals surface area contributed by atoms with E-state index in [1.807, 2.05) is 25.9 Å². The molecule has 27 atom stereocenters. The molecule has 7 aliphatic rings. The van der Waals surface area contributed by atoms with E-state index in [1.54, 1.807) is 82.2 Å². The first-order valence-corrected chi connectivity index (χ1v) is 37.7. The van der Waals surface area contributed by atoms with E-state index in [0.29, 0.717) is 6.42 Å². The minimum absolute atomic E-state index is 0.0126. The Morgan fingerprint density at radius 3 is 1.98 bits per heavy atom. The van der Waals surface area contributed by atoms with Crippen LogP contribution in [0.15, 0.2) is 47.4 Å². The number of carbonyl (C=O) groups excluding carboxylic acids is 8. The number of aliphatic hydroxyl groups excluding tert-OH is 4. The van der Waals surface area contributed by atoms with Crippen molar-refractivity contribution in [1.82, 2.24) is 20.9 Å². The number of rotatable bonds is 16. The van der Waals surface area contributed by atoms with Gasteiger partial charge in [0.25, 0.3) is 11.7 Å². The molecule has 1 aromatic rings. The minimum atomic E-state index is -2.23. The van der Waals surface area contributed by atoms with E-state index in [-0.39, 0.29) is 66.5 Å². The van der Waals surface area contributed by atoms with Crippen LogP contribution in [0, 0.1) is 54.3 Å². The molecule has 0 aromatic heterocycles. The maximum absolute atomic E-state index is 15.2. The summed E-state index contributed by atoms with van der Waals surface area (Å²) in [6, 6.07) is -0.403. The maximum atomic E-state index is 15.2. The monoisotopic (exact) mass is 1540 g/mol. The van der Waals surface area contributed by atoms with Crippen LogP contribution in [0.4, 0.5) is 4.79 Å². The summed E-state index contributed by atoms with van der Waals surface area (Å²) in [6.07, 6.45) is -9.30. The number of fused-ring (bicyclic) bond motifs is 14. The molecule has 9 N–H and O–H groups in total.